The molecular formula is C18H22ClN5O3. The van der Waals surface area contributed by atoms with Crippen LogP contribution in [0.4, 0.5) is 11.5 Å². The van der Waals surface area contributed by atoms with Gasteiger partial charge in [0.15, 0.2) is 0 Å². The fourth-order valence-electron chi connectivity index (χ4n) is 2.94. The summed E-state index contributed by atoms with van der Waals surface area (Å²) in [6, 6.07) is 3.28. The number of ether oxygens (including phenoxy) is 2. The van der Waals surface area contributed by atoms with Gasteiger partial charge in [-0.05, 0) is 6.07 Å². The van der Waals surface area contributed by atoms with E-state index in [2.05, 4.69) is 25.1 Å². The smallest absolute Gasteiger partial charge is 0.238 e. The van der Waals surface area contributed by atoms with E-state index in [0.29, 0.717) is 28.8 Å². The van der Waals surface area contributed by atoms with Crippen molar-refractivity contribution in [1.29, 1.82) is 0 Å². The van der Waals surface area contributed by atoms with E-state index in [1.165, 1.54) is 14.2 Å². The van der Waals surface area contributed by atoms with E-state index in [0.717, 1.165) is 32.0 Å². The third-order valence-corrected chi connectivity index (χ3v) is 4.66. The highest BCUT2D eigenvalue weighted by Crippen LogP contribution is 2.35. The lowest BCUT2D eigenvalue weighted by Gasteiger charge is -2.34. The number of carbonyl (C=O) groups excluding carboxylic acids is 1. The second-order valence-electron chi connectivity index (χ2n) is 6.06. The summed E-state index contributed by atoms with van der Waals surface area (Å²) >= 11 is 6.15. The van der Waals surface area contributed by atoms with Crippen LogP contribution in [0.15, 0.2) is 30.7 Å². The summed E-state index contributed by atoms with van der Waals surface area (Å²) in [7, 11) is 3.06. The number of carbonyl (C=O) groups is 1. The predicted molar refractivity (Wildman–Crippen MR) is 104 cm³/mol. The van der Waals surface area contributed by atoms with E-state index >= 15 is 0 Å². The Morgan fingerprint density at radius 3 is 2.52 bits per heavy atom. The summed E-state index contributed by atoms with van der Waals surface area (Å²) in [6.07, 6.45) is 5.09. The number of aromatic nitrogens is 2. The fraction of sp³-hybridized carbons (Fsp3) is 0.389. The molecule has 8 nitrogen and oxygen atoms in total. The van der Waals surface area contributed by atoms with E-state index < -0.39 is 0 Å². The third-order valence-electron chi connectivity index (χ3n) is 4.36. The fourth-order valence-corrected chi connectivity index (χ4v) is 3.18. The number of benzene rings is 1. The highest BCUT2D eigenvalue weighted by atomic mass is 35.5. The average molecular weight is 392 g/mol. The molecule has 0 aliphatic carbocycles. The van der Waals surface area contributed by atoms with Gasteiger partial charge in [0.1, 0.15) is 17.3 Å². The van der Waals surface area contributed by atoms with Gasteiger partial charge in [-0.2, -0.15) is 0 Å². The summed E-state index contributed by atoms with van der Waals surface area (Å²) in [5.41, 5.74) is 0.520. The van der Waals surface area contributed by atoms with Gasteiger partial charge < -0.3 is 19.7 Å². The Bertz CT molecular complexity index is 782. The number of piperazine rings is 1. The maximum atomic E-state index is 12.4. The van der Waals surface area contributed by atoms with Gasteiger partial charge in [0.05, 0.1) is 37.7 Å². The molecule has 0 atom stereocenters. The molecule has 0 unspecified atom stereocenters. The molecule has 0 saturated carbocycles. The SMILES string of the molecule is COc1cc(OC)c(NC(=O)CN2CCN(c3cnccn3)CC2)cc1Cl. The monoisotopic (exact) mass is 391 g/mol. The zero-order valence-corrected chi connectivity index (χ0v) is 16.1. The van der Waals surface area contributed by atoms with Crippen molar-refractivity contribution in [3.8, 4) is 11.5 Å². The lowest BCUT2D eigenvalue weighted by atomic mass is 10.2. The van der Waals surface area contributed by atoms with Gasteiger partial charge >= 0.3 is 0 Å². The Labute approximate surface area is 163 Å². The highest BCUT2D eigenvalue weighted by molar-refractivity contribution is 6.32. The van der Waals surface area contributed by atoms with E-state index in [4.69, 9.17) is 21.1 Å². The first-order valence-electron chi connectivity index (χ1n) is 8.55. The Balaban J connectivity index is 1.55. The summed E-state index contributed by atoms with van der Waals surface area (Å²) in [4.78, 5) is 25.1. The second kappa shape index (κ2) is 8.88. The summed E-state index contributed by atoms with van der Waals surface area (Å²) in [5, 5.41) is 3.27. The number of methoxy groups -OCH3 is 2. The minimum absolute atomic E-state index is 0.123. The van der Waals surface area contributed by atoms with E-state index in [1.807, 2.05) is 0 Å². The maximum Gasteiger partial charge on any atom is 0.238 e. The molecule has 9 heteroatoms. The minimum Gasteiger partial charge on any atom is -0.495 e. The Hall–Kier alpha value is -2.58. The van der Waals surface area contributed by atoms with Crippen molar-refractivity contribution >= 4 is 29.0 Å². The molecule has 1 aromatic carbocycles. The van der Waals surface area contributed by atoms with Crippen molar-refractivity contribution in [2.45, 2.75) is 0 Å². The van der Waals surface area contributed by atoms with Crippen LogP contribution >= 0.6 is 11.6 Å². The van der Waals surface area contributed by atoms with Crippen LogP contribution in [0.3, 0.4) is 0 Å². The molecule has 1 aliphatic rings. The zero-order valence-electron chi connectivity index (χ0n) is 15.3. The van der Waals surface area contributed by atoms with Crippen molar-refractivity contribution in [3.05, 3.63) is 35.7 Å². The number of anilines is 2. The summed E-state index contributed by atoms with van der Waals surface area (Å²) < 4.78 is 10.5. The third kappa shape index (κ3) is 4.78. The zero-order chi connectivity index (χ0) is 19.2. The topological polar surface area (TPSA) is 79.8 Å². The quantitative estimate of drug-likeness (QED) is 0.805. The molecule has 0 spiro atoms. The van der Waals surface area contributed by atoms with E-state index in [9.17, 15) is 4.79 Å². The van der Waals surface area contributed by atoms with Crippen LogP contribution in [0, 0.1) is 0 Å². The number of nitrogens with one attached hydrogen (secondary N) is 1. The van der Waals surface area contributed by atoms with Crippen LogP contribution in [0.2, 0.25) is 5.02 Å². The van der Waals surface area contributed by atoms with Gasteiger partial charge in [0.2, 0.25) is 5.91 Å². The van der Waals surface area contributed by atoms with E-state index in [1.54, 1.807) is 30.7 Å². The molecule has 1 aromatic heterocycles. The first kappa shape index (κ1) is 19.2. The lowest BCUT2D eigenvalue weighted by molar-refractivity contribution is -0.117. The molecular weight excluding hydrogens is 370 g/mol. The maximum absolute atomic E-state index is 12.4. The molecule has 1 N–H and O–H groups in total. The van der Waals surface area contributed by atoms with Gasteiger partial charge in [0, 0.05) is 44.6 Å². The van der Waals surface area contributed by atoms with Crippen molar-refractivity contribution < 1.29 is 14.3 Å². The van der Waals surface area contributed by atoms with Crippen molar-refractivity contribution in [2.24, 2.45) is 0 Å². The van der Waals surface area contributed by atoms with Crippen LogP contribution in [0.25, 0.3) is 0 Å². The molecule has 27 heavy (non-hydrogen) atoms. The summed E-state index contributed by atoms with van der Waals surface area (Å²) in [6.45, 7) is 3.42. The second-order valence-corrected chi connectivity index (χ2v) is 6.47. The van der Waals surface area contributed by atoms with Crippen molar-refractivity contribution in [3.63, 3.8) is 0 Å². The summed E-state index contributed by atoms with van der Waals surface area (Å²) in [5.74, 6) is 1.73. The number of halogens is 1. The first-order chi connectivity index (χ1) is 13.1. The standard InChI is InChI=1S/C18H22ClN5O3/c1-26-15-10-16(27-2)14(9-13(15)19)22-18(25)12-23-5-7-24(8-6-23)17-11-20-3-4-21-17/h3-4,9-11H,5-8,12H2,1-2H3,(H,22,25). The number of nitrogens with zero attached hydrogens (tertiary/aromatic N) is 4. The molecule has 1 amide bonds. The number of hydrogen-bond acceptors (Lipinski definition) is 7. The molecule has 1 fully saturated rings. The van der Waals surface area contributed by atoms with Crippen LogP contribution in [-0.4, -0.2) is 67.7 Å². The molecule has 2 heterocycles. The molecule has 1 aliphatic heterocycles. The van der Waals surface area contributed by atoms with Gasteiger partial charge in [-0.25, -0.2) is 4.98 Å². The lowest BCUT2D eigenvalue weighted by Crippen LogP contribution is -2.49. The Morgan fingerprint density at radius 1 is 1.15 bits per heavy atom. The van der Waals surface area contributed by atoms with E-state index in [-0.39, 0.29) is 5.91 Å². The molecule has 0 bridgehead atoms. The van der Waals surface area contributed by atoms with Crippen LogP contribution in [0.1, 0.15) is 0 Å². The molecule has 144 valence electrons. The van der Waals surface area contributed by atoms with Gasteiger partial charge in [-0.3, -0.25) is 14.7 Å². The molecule has 3 rings (SSSR count). The minimum atomic E-state index is -0.123. The normalized spacial score (nSPS) is 14.7. The van der Waals surface area contributed by atoms with Gasteiger partial charge in [0.25, 0.3) is 0 Å². The largest absolute Gasteiger partial charge is 0.495 e. The number of amides is 1. The average Bonchev–Trinajstić information content (AvgIpc) is 2.69. The Kier molecular flexibility index (Phi) is 6.31. The van der Waals surface area contributed by atoms with Gasteiger partial charge in [-0.1, -0.05) is 11.6 Å². The molecule has 2 aromatic rings. The predicted octanol–water partition coefficient (Wildman–Crippen LogP) is 1.91. The van der Waals surface area contributed by atoms with Gasteiger partial charge in [-0.15, -0.1) is 0 Å². The highest BCUT2D eigenvalue weighted by Gasteiger charge is 2.21. The first-order valence-corrected chi connectivity index (χ1v) is 8.93. The Morgan fingerprint density at radius 2 is 1.89 bits per heavy atom. The van der Waals surface area contributed by atoms with Crippen LogP contribution < -0.4 is 19.7 Å². The number of rotatable bonds is 6. The van der Waals surface area contributed by atoms with Crippen molar-refractivity contribution in [2.75, 3.05) is 57.2 Å². The van der Waals surface area contributed by atoms with Crippen LogP contribution in [-0.2, 0) is 4.79 Å². The number of hydrogen-bond donors (Lipinski definition) is 1. The molecule has 1 saturated heterocycles. The molecule has 0 radical (unpaired) electrons. The van der Waals surface area contributed by atoms with Crippen molar-refractivity contribution in [1.82, 2.24) is 14.9 Å². The van der Waals surface area contributed by atoms with Crippen LogP contribution in [0.5, 0.6) is 11.5 Å².